The monoisotopic (exact) mass is 706 g/mol. The number of nitrogens with one attached hydrogen (secondary N) is 1. The Kier molecular flexibility index (Phi) is 15.0. The molecular formula is C27H24K2N4O10S2. The Balaban J connectivity index is 0.00000353. The fourth-order valence-electron chi connectivity index (χ4n) is 3.85. The van der Waals surface area contributed by atoms with Crippen molar-refractivity contribution in [1.82, 2.24) is 9.78 Å². The summed E-state index contributed by atoms with van der Waals surface area (Å²) >= 11 is 0. The molecule has 0 saturated heterocycles. The number of ether oxygens (including phenoxy) is 2. The van der Waals surface area contributed by atoms with E-state index >= 15 is 0 Å². The largest absolute Gasteiger partial charge is 1.00 e. The van der Waals surface area contributed by atoms with Gasteiger partial charge in [-0.1, -0.05) is 18.2 Å². The maximum absolute atomic E-state index is 13.1. The van der Waals surface area contributed by atoms with Gasteiger partial charge in [-0.3, -0.25) is 14.7 Å². The summed E-state index contributed by atoms with van der Waals surface area (Å²) in [5.74, 6) is -0.374. The minimum Gasteiger partial charge on any atom is -0.744 e. The second-order valence-electron chi connectivity index (χ2n) is 8.60. The normalized spacial score (nSPS) is 14.5. The van der Waals surface area contributed by atoms with E-state index in [1.54, 1.807) is 19.9 Å². The van der Waals surface area contributed by atoms with Crippen molar-refractivity contribution >= 4 is 43.8 Å². The Labute approximate surface area is 344 Å². The SMILES string of the molecule is CCOC1=NN(c2ccc(S(=O)(=O)[O-])cc2)C(=O)/C1=C/C=C/C=C/c1c(OCC)[nH]n(-c2ccc(S(=O)(=O)[O-])cc2)c1=O.[K+].[K+]. The summed E-state index contributed by atoms with van der Waals surface area (Å²) in [6.07, 6.45) is 7.50. The molecule has 0 spiro atoms. The molecule has 4 rings (SSSR count). The zero-order valence-electron chi connectivity index (χ0n) is 24.7. The van der Waals surface area contributed by atoms with E-state index in [1.807, 2.05) is 0 Å². The van der Waals surface area contributed by atoms with Crippen molar-refractivity contribution in [2.45, 2.75) is 23.6 Å². The van der Waals surface area contributed by atoms with Crippen LogP contribution in [0.1, 0.15) is 19.4 Å². The first-order valence-corrected chi connectivity index (χ1v) is 15.4. The molecule has 1 aromatic heterocycles. The van der Waals surface area contributed by atoms with Gasteiger partial charge in [0.2, 0.25) is 11.8 Å². The Morgan fingerprint density at radius 3 is 1.84 bits per heavy atom. The first-order valence-electron chi connectivity index (χ1n) is 12.6. The van der Waals surface area contributed by atoms with Crippen LogP contribution in [0.15, 0.2) is 98.1 Å². The van der Waals surface area contributed by atoms with Gasteiger partial charge >= 0.3 is 103 Å². The van der Waals surface area contributed by atoms with Crippen molar-refractivity contribution in [1.29, 1.82) is 0 Å². The second-order valence-corrected chi connectivity index (χ2v) is 11.4. The van der Waals surface area contributed by atoms with Crippen molar-refractivity contribution < 1.29 is 143 Å². The van der Waals surface area contributed by atoms with Gasteiger partial charge in [0.05, 0.1) is 34.4 Å². The topological polar surface area (TPSA) is 203 Å². The molecule has 226 valence electrons. The number of amides is 1. The van der Waals surface area contributed by atoms with E-state index in [4.69, 9.17) is 9.47 Å². The molecule has 18 heteroatoms. The molecule has 2 heterocycles. The van der Waals surface area contributed by atoms with Crippen LogP contribution in [0.4, 0.5) is 5.69 Å². The van der Waals surface area contributed by atoms with Crippen molar-refractivity contribution in [3.63, 3.8) is 0 Å². The summed E-state index contributed by atoms with van der Waals surface area (Å²) < 4.78 is 79.3. The van der Waals surface area contributed by atoms with Gasteiger partial charge in [-0.15, -0.1) is 5.10 Å². The van der Waals surface area contributed by atoms with Gasteiger partial charge < -0.3 is 18.6 Å². The summed E-state index contributed by atoms with van der Waals surface area (Å²) in [5.41, 5.74) is 0.248. The molecule has 0 unspecified atom stereocenters. The predicted octanol–water partition coefficient (Wildman–Crippen LogP) is -3.73. The second kappa shape index (κ2) is 17.1. The molecule has 1 amide bonds. The van der Waals surface area contributed by atoms with E-state index in [0.29, 0.717) is 0 Å². The molecule has 3 aromatic rings. The van der Waals surface area contributed by atoms with Gasteiger partial charge in [-0.25, -0.2) is 21.5 Å². The third-order valence-corrected chi connectivity index (χ3v) is 7.51. The number of nitrogens with zero attached hydrogens (tertiary/aromatic N) is 3. The first kappa shape index (κ1) is 39.7. The number of hydrogen-bond donors (Lipinski definition) is 1. The molecule has 0 aliphatic carbocycles. The average molecular weight is 707 g/mol. The van der Waals surface area contributed by atoms with E-state index in [1.165, 1.54) is 48.6 Å². The first-order chi connectivity index (χ1) is 20.3. The molecule has 45 heavy (non-hydrogen) atoms. The minimum atomic E-state index is -4.65. The molecule has 2 aromatic carbocycles. The number of rotatable bonds is 10. The Morgan fingerprint density at radius 1 is 0.800 bits per heavy atom. The Hall–Kier alpha value is -1.50. The van der Waals surface area contributed by atoms with Gasteiger partial charge in [0.1, 0.15) is 31.4 Å². The number of H-pyrrole nitrogens is 1. The summed E-state index contributed by atoms with van der Waals surface area (Å²) in [6, 6.07) is 9.49. The third-order valence-electron chi connectivity index (χ3n) is 5.81. The number of benzene rings is 2. The Morgan fingerprint density at radius 2 is 1.33 bits per heavy atom. The summed E-state index contributed by atoms with van der Waals surface area (Å²) in [4.78, 5) is 25.2. The van der Waals surface area contributed by atoms with E-state index in [-0.39, 0.29) is 150 Å². The standard InChI is InChI=1S/C27H26N4O10S2.2K/c1-3-40-24-22(26(32)30(28-24)18-10-14-20(15-11-18)42(34,35)36)8-6-5-7-9-23-25(41-4-2)29-31(27(23)33)19-12-16-21(17-13-19)43(37,38)39;;/h5-17,28H,3-4H2,1-2H3,(H,34,35,36)(H,37,38,39);;/q;2*+1/p-2/b7-5+,8-6+,23-9+;;. The zero-order chi connectivity index (χ0) is 31.4. The number of carbonyl (C=O) groups is 1. The fraction of sp³-hybridized carbons (Fsp3) is 0.148. The summed E-state index contributed by atoms with van der Waals surface area (Å²) in [7, 11) is -9.30. The van der Waals surface area contributed by atoms with Gasteiger partial charge in [-0.2, -0.15) is 5.01 Å². The van der Waals surface area contributed by atoms with Crippen LogP contribution in [0.3, 0.4) is 0 Å². The van der Waals surface area contributed by atoms with E-state index in [9.17, 15) is 35.5 Å². The van der Waals surface area contributed by atoms with Crippen LogP contribution in [0, 0.1) is 0 Å². The maximum atomic E-state index is 13.1. The number of hydrazone groups is 1. The number of aromatic amines is 1. The van der Waals surface area contributed by atoms with Gasteiger partial charge in [-0.05, 0) is 74.5 Å². The average Bonchev–Trinajstić information content (AvgIpc) is 3.43. The number of carbonyl (C=O) groups excluding carboxylic acids is 1. The third kappa shape index (κ3) is 9.76. The number of hydrogen-bond acceptors (Lipinski definition) is 11. The Bertz CT molecular complexity index is 1930. The molecule has 0 atom stereocenters. The molecule has 14 nitrogen and oxygen atoms in total. The fourth-order valence-corrected chi connectivity index (χ4v) is 4.79. The summed E-state index contributed by atoms with van der Waals surface area (Å²) in [6.45, 7) is 3.88. The molecule has 1 aliphatic rings. The number of aromatic nitrogens is 2. The molecule has 0 radical (unpaired) electrons. The summed E-state index contributed by atoms with van der Waals surface area (Å²) in [5, 5.41) is 7.97. The van der Waals surface area contributed by atoms with E-state index in [0.717, 1.165) is 34.0 Å². The molecule has 1 N–H and O–H groups in total. The van der Waals surface area contributed by atoms with Crippen LogP contribution in [0.2, 0.25) is 0 Å². The van der Waals surface area contributed by atoms with Crippen molar-refractivity contribution in [3.8, 4) is 11.6 Å². The van der Waals surface area contributed by atoms with Crippen LogP contribution in [-0.2, 0) is 29.8 Å². The predicted molar refractivity (Wildman–Crippen MR) is 153 cm³/mol. The molecule has 0 bridgehead atoms. The molecule has 1 aliphatic heterocycles. The van der Waals surface area contributed by atoms with Crippen LogP contribution < -0.4 is 118 Å². The van der Waals surface area contributed by atoms with E-state index < -0.39 is 41.5 Å². The number of allylic oxidation sites excluding steroid dienone is 4. The van der Waals surface area contributed by atoms with Gasteiger partial charge in [0.15, 0.2) is 0 Å². The van der Waals surface area contributed by atoms with E-state index in [2.05, 4.69) is 10.2 Å². The molecular weight excluding hydrogens is 683 g/mol. The maximum Gasteiger partial charge on any atom is 1.00 e. The molecule has 0 fully saturated rings. The smallest absolute Gasteiger partial charge is 0.744 e. The van der Waals surface area contributed by atoms with Crippen LogP contribution >= 0.6 is 0 Å². The minimum absolute atomic E-state index is 0. The van der Waals surface area contributed by atoms with Crippen LogP contribution in [-0.4, -0.2) is 60.7 Å². The van der Waals surface area contributed by atoms with Gasteiger partial charge in [0, 0.05) is 0 Å². The van der Waals surface area contributed by atoms with Crippen LogP contribution in [0.25, 0.3) is 11.8 Å². The number of anilines is 1. The van der Waals surface area contributed by atoms with Crippen molar-refractivity contribution in [2.24, 2.45) is 5.10 Å². The molecule has 0 saturated carbocycles. The van der Waals surface area contributed by atoms with Crippen molar-refractivity contribution in [2.75, 3.05) is 18.2 Å². The quantitative estimate of drug-likeness (QED) is 0.0945. The zero-order valence-corrected chi connectivity index (χ0v) is 32.5. The van der Waals surface area contributed by atoms with Crippen molar-refractivity contribution in [3.05, 3.63) is 94.3 Å². The van der Waals surface area contributed by atoms with Crippen LogP contribution in [0.5, 0.6) is 5.88 Å². The van der Waals surface area contributed by atoms with Gasteiger partial charge in [0.25, 0.3) is 11.5 Å².